The van der Waals surface area contributed by atoms with Gasteiger partial charge in [-0.05, 0) is 25.7 Å². The maximum atomic E-state index is 11.5. The minimum Gasteiger partial charge on any atom is -0.337 e. The molecule has 1 fully saturated rings. The molecule has 1 heterocycles. The number of nitrogens with one attached hydrogen (secondary N) is 2. The Morgan fingerprint density at radius 2 is 2.20 bits per heavy atom. The van der Waals surface area contributed by atoms with Gasteiger partial charge in [-0.25, -0.2) is 9.80 Å². The average Bonchev–Trinajstić information content (AvgIpc) is 2.27. The van der Waals surface area contributed by atoms with E-state index in [0.717, 1.165) is 25.9 Å². The van der Waals surface area contributed by atoms with Crippen molar-refractivity contribution in [3.05, 3.63) is 0 Å². The fourth-order valence-corrected chi connectivity index (χ4v) is 1.98. The van der Waals surface area contributed by atoms with E-state index in [1.807, 2.05) is 0 Å². The smallest absolute Gasteiger partial charge is 0.329 e. The molecule has 4 heteroatoms. The van der Waals surface area contributed by atoms with Crippen molar-refractivity contribution in [2.24, 2.45) is 0 Å². The normalized spacial score (nSPS) is 22.4. The van der Waals surface area contributed by atoms with Crippen molar-refractivity contribution in [2.45, 2.75) is 52.0 Å². The topological polar surface area (TPSA) is 44.4 Å². The van der Waals surface area contributed by atoms with Crippen LogP contribution in [0, 0.1) is 0 Å². The van der Waals surface area contributed by atoms with Crippen molar-refractivity contribution in [1.82, 2.24) is 15.8 Å². The number of amides is 2. The van der Waals surface area contributed by atoms with Crippen molar-refractivity contribution in [1.29, 1.82) is 0 Å². The van der Waals surface area contributed by atoms with Crippen molar-refractivity contribution < 1.29 is 4.79 Å². The summed E-state index contributed by atoms with van der Waals surface area (Å²) in [6, 6.07) is 0.461. The summed E-state index contributed by atoms with van der Waals surface area (Å²) >= 11 is 0. The van der Waals surface area contributed by atoms with Crippen molar-refractivity contribution in [2.75, 3.05) is 13.1 Å². The lowest BCUT2D eigenvalue weighted by atomic mass is 10.0. The first-order valence-corrected chi connectivity index (χ1v) is 6.09. The standard InChI is InChI=1S/C11H23N3O/c1-3-8-12-11(15)13-14-9-6-5-7-10(14)4-2/h10H,3-9H2,1-2H3,(H2,12,13,15). The highest BCUT2D eigenvalue weighted by molar-refractivity contribution is 5.73. The Bertz CT molecular complexity index is 196. The van der Waals surface area contributed by atoms with Gasteiger partial charge in [-0.2, -0.15) is 0 Å². The van der Waals surface area contributed by atoms with Gasteiger partial charge in [0.2, 0.25) is 0 Å². The van der Waals surface area contributed by atoms with Gasteiger partial charge >= 0.3 is 6.03 Å². The van der Waals surface area contributed by atoms with Crippen LogP contribution in [0.25, 0.3) is 0 Å². The molecule has 2 N–H and O–H groups in total. The van der Waals surface area contributed by atoms with Crippen LogP contribution in [-0.4, -0.2) is 30.2 Å². The lowest BCUT2D eigenvalue weighted by molar-refractivity contribution is 0.0945. The molecule has 2 amide bonds. The summed E-state index contributed by atoms with van der Waals surface area (Å²) in [5.41, 5.74) is 2.94. The molecule has 88 valence electrons. The van der Waals surface area contributed by atoms with Crippen LogP contribution in [0.2, 0.25) is 0 Å². The van der Waals surface area contributed by atoms with Gasteiger partial charge in [0.15, 0.2) is 0 Å². The van der Waals surface area contributed by atoms with Gasteiger partial charge in [-0.15, -0.1) is 0 Å². The fraction of sp³-hybridized carbons (Fsp3) is 0.909. The van der Waals surface area contributed by atoms with E-state index >= 15 is 0 Å². The molecule has 1 aliphatic rings. The number of hydrazine groups is 1. The minimum atomic E-state index is -0.0581. The highest BCUT2D eigenvalue weighted by Crippen LogP contribution is 2.16. The molecule has 15 heavy (non-hydrogen) atoms. The molecule has 0 saturated carbocycles. The summed E-state index contributed by atoms with van der Waals surface area (Å²) < 4.78 is 0. The third-order valence-electron chi connectivity index (χ3n) is 2.88. The van der Waals surface area contributed by atoms with Crippen LogP contribution in [-0.2, 0) is 0 Å². The first-order chi connectivity index (χ1) is 7.27. The second-order valence-corrected chi connectivity index (χ2v) is 4.12. The summed E-state index contributed by atoms with van der Waals surface area (Å²) in [5, 5.41) is 4.92. The molecule has 0 aromatic rings. The Hall–Kier alpha value is -0.770. The monoisotopic (exact) mass is 213 g/mol. The number of hydrogen-bond donors (Lipinski definition) is 2. The van der Waals surface area contributed by atoms with Crippen molar-refractivity contribution >= 4 is 6.03 Å². The van der Waals surface area contributed by atoms with Crippen LogP contribution in [0.5, 0.6) is 0 Å². The maximum absolute atomic E-state index is 11.5. The van der Waals surface area contributed by atoms with E-state index in [1.165, 1.54) is 19.3 Å². The van der Waals surface area contributed by atoms with Gasteiger partial charge in [-0.1, -0.05) is 20.3 Å². The van der Waals surface area contributed by atoms with E-state index in [-0.39, 0.29) is 6.03 Å². The third kappa shape index (κ3) is 4.08. The summed E-state index contributed by atoms with van der Waals surface area (Å²) in [6.07, 6.45) is 5.75. The maximum Gasteiger partial charge on any atom is 0.329 e. The van der Waals surface area contributed by atoms with Crippen LogP contribution < -0.4 is 10.7 Å². The quantitative estimate of drug-likeness (QED) is 0.749. The summed E-state index contributed by atoms with van der Waals surface area (Å²) in [7, 11) is 0. The molecule has 1 aliphatic heterocycles. The number of rotatable bonds is 4. The zero-order valence-corrected chi connectivity index (χ0v) is 9.88. The number of piperidine rings is 1. The molecule has 4 nitrogen and oxygen atoms in total. The molecular weight excluding hydrogens is 190 g/mol. The molecule has 1 atom stereocenters. The van der Waals surface area contributed by atoms with Crippen LogP contribution >= 0.6 is 0 Å². The zero-order valence-electron chi connectivity index (χ0n) is 9.88. The first kappa shape index (κ1) is 12.3. The van der Waals surface area contributed by atoms with Crippen LogP contribution in [0.4, 0.5) is 4.79 Å². The molecule has 0 aliphatic carbocycles. The zero-order chi connectivity index (χ0) is 11.1. The molecular formula is C11H23N3O. The summed E-state index contributed by atoms with van der Waals surface area (Å²) in [4.78, 5) is 11.5. The average molecular weight is 213 g/mol. The van der Waals surface area contributed by atoms with Crippen LogP contribution in [0.15, 0.2) is 0 Å². The lowest BCUT2D eigenvalue weighted by Crippen LogP contribution is -2.53. The Morgan fingerprint density at radius 3 is 2.87 bits per heavy atom. The molecule has 0 spiro atoms. The largest absolute Gasteiger partial charge is 0.337 e. The number of nitrogens with zero attached hydrogens (tertiary/aromatic N) is 1. The summed E-state index contributed by atoms with van der Waals surface area (Å²) in [5.74, 6) is 0. The van der Waals surface area contributed by atoms with E-state index < -0.39 is 0 Å². The highest BCUT2D eigenvalue weighted by Gasteiger charge is 2.21. The number of carbonyl (C=O) groups is 1. The van der Waals surface area contributed by atoms with E-state index in [4.69, 9.17) is 0 Å². The number of hydrogen-bond acceptors (Lipinski definition) is 2. The predicted molar refractivity (Wildman–Crippen MR) is 61.5 cm³/mol. The Balaban J connectivity index is 2.30. The Kier molecular flexibility index (Phi) is 5.47. The van der Waals surface area contributed by atoms with Crippen LogP contribution in [0.3, 0.4) is 0 Å². The van der Waals surface area contributed by atoms with Gasteiger partial charge in [0.05, 0.1) is 0 Å². The second-order valence-electron chi connectivity index (χ2n) is 4.12. The van der Waals surface area contributed by atoms with E-state index in [0.29, 0.717) is 6.04 Å². The van der Waals surface area contributed by atoms with Gasteiger partial charge in [0, 0.05) is 19.1 Å². The lowest BCUT2D eigenvalue weighted by Gasteiger charge is -2.34. The van der Waals surface area contributed by atoms with Gasteiger partial charge in [0.1, 0.15) is 0 Å². The van der Waals surface area contributed by atoms with Crippen LogP contribution in [0.1, 0.15) is 46.0 Å². The predicted octanol–water partition coefficient (Wildman–Crippen LogP) is 1.88. The van der Waals surface area contributed by atoms with E-state index in [2.05, 4.69) is 29.6 Å². The van der Waals surface area contributed by atoms with Gasteiger partial charge in [0.25, 0.3) is 0 Å². The van der Waals surface area contributed by atoms with Crippen molar-refractivity contribution in [3.8, 4) is 0 Å². The Morgan fingerprint density at radius 1 is 1.40 bits per heavy atom. The fourth-order valence-electron chi connectivity index (χ4n) is 1.98. The summed E-state index contributed by atoms with van der Waals surface area (Å²) in [6.45, 7) is 5.96. The molecule has 1 unspecified atom stereocenters. The Labute approximate surface area is 92.4 Å². The highest BCUT2D eigenvalue weighted by atomic mass is 16.2. The minimum absolute atomic E-state index is 0.0581. The van der Waals surface area contributed by atoms with Crippen molar-refractivity contribution in [3.63, 3.8) is 0 Å². The third-order valence-corrected chi connectivity index (χ3v) is 2.88. The molecule has 0 bridgehead atoms. The van der Waals surface area contributed by atoms with E-state index in [9.17, 15) is 4.79 Å². The van der Waals surface area contributed by atoms with E-state index in [1.54, 1.807) is 0 Å². The molecule has 0 aromatic carbocycles. The van der Waals surface area contributed by atoms with Gasteiger partial charge < -0.3 is 5.32 Å². The molecule has 1 saturated heterocycles. The number of carbonyl (C=O) groups excluding carboxylic acids is 1. The second kappa shape index (κ2) is 6.67. The van der Waals surface area contributed by atoms with Gasteiger partial charge in [-0.3, -0.25) is 5.43 Å². The first-order valence-electron chi connectivity index (χ1n) is 6.09. The molecule has 1 rings (SSSR count). The SMILES string of the molecule is CCCNC(=O)NN1CCCCC1CC. The molecule has 0 radical (unpaired) electrons. The number of urea groups is 1. The molecule has 0 aromatic heterocycles.